The number of ether oxygens (including phenoxy) is 1. The molecule has 1 heterocycles. The number of nitrogens with zero attached hydrogens (tertiary/aromatic N) is 2. The first-order valence-corrected chi connectivity index (χ1v) is 7.66. The van der Waals surface area contributed by atoms with E-state index in [0.29, 0.717) is 24.1 Å². The van der Waals surface area contributed by atoms with Gasteiger partial charge in [-0.15, -0.1) is 0 Å². The van der Waals surface area contributed by atoms with Gasteiger partial charge in [0.2, 0.25) is 5.95 Å². The van der Waals surface area contributed by atoms with E-state index >= 15 is 0 Å². The van der Waals surface area contributed by atoms with E-state index in [-0.39, 0.29) is 0 Å². The summed E-state index contributed by atoms with van der Waals surface area (Å²) in [6, 6.07) is 15.3. The Morgan fingerprint density at radius 1 is 1.04 bits per heavy atom. The van der Waals surface area contributed by atoms with Crippen molar-refractivity contribution < 1.29 is 4.74 Å². The second-order valence-corrected chi connectivity index (χ2v) is 5.40. The number of methoxy groups -OCH3 is 1. The molecule has 0 atom stereocenters. The van der Waals surface area contributed by atoms with Crippen LogP contribution in [-0.2, 0) is 4.74 Å². The summed E-state index contributed by atoms with van der Waals surface area (Å²) in [7, 11) is 1.67. The molecule has 2 N–H and O–H groups in total. The van der Waals surface area contributed by atoms with Crippen LogP contribution < -0.4 is 10.6 Å². The monoisotopic (exact) mass is 328 g/mol. The minimum absolute atomic E-state index is 0.533. The van der Waals surface area contributed by atoms with Gasteiger partial charge >= 0.3 is 0 Å². The quantitative estimate of drug-likeness (QED) is 0.667. The van der Waals surface area contributed by atoms with Crippen molar-refractivity contribution in [3.8, 4) is 0 Å². The lowest BCUT2D eigenvalue weighted by atomic mass is 10.2. The van der Waals surface area contributed by atoms with E-state index in [9.17, 15) is 0 Å². The lowest BCUT2D eigenvalue weighted by molar-refractivity contribution is 0.210. The van der Waals surface area contributed by atoms with Crippen molar-refractivity contribution in [2.45, 2.75) is 0 Å². The van der Waals surface area contributed by atoms with Gasteiger partial charge in [0.25, 0.3) is 0 Å². The second kappa shape index (κ2) is 7.26. The number of rotatable bonds is 6. The molecule has 0 aliphatic heterocycles. The molecule has 0 spiro atoms. The van der Waals surface area contributed by atoms with Gasteiger partial charge in [0.05, 0.1) is 12.1 Å². The number of para-hydroxylation sites is 1. The van der Waals surface area contributed by atoms with Gasteiger partial charge in [-0.25, -0.2) is 4.98 Å². The summed E-state index contributed by atoms with van der Waals surface area (Å²) in [6.45, 7) is 1.29. The summed E-state index contributed by atoms with van der Waals surface area (Å²) < 4.78 is 5.08. The van der Waals surface area contributed by atoms with Gasteiger partial charge in [-0.1, -0.05) is 23.7 Å². The molecule has 23 heavy (non-hydrogen) atoms. The molecule has 0 fully saturated rings. The van der Waals surface area contributed by atoms with Crippen molar-refractivity contribution in [1.29, 1.82) is 0 Å². The lowest BCUT2D eigenvalue weighted by Crippen LogP contribution is -2.10. The van der Waals surface area contributed by atoms with Crippen molar-refractivity contribution in [1.82, 2.24) is 9.97 Å². The van der Waals surface area contributed by atoms with Crippen LogP contribution >= 0.6 is 11.6 Å². The van der Waals surface area contributed by atoms with Gasteiger partial charge in [-0.3, -0.25) is 0 Å². The predicted octanol–water partition coefficient (Wildman–Crippen LogP) is 4.09. The van der Waals surface area contributed by atoms with Crippen molar-refractivity contribution >= 4 is 40.0 Å². The largest absolute Gasteiger partial charge is 0.383 e. The summed E-state index contributed by atoms with van der Waals surface area (Å²) >= 11 is 5.91. The number of halogens is 1. The highest BCUT2D eigenvalue weighted by Gasteiger charge is 2.07. The fraction of sp³-hybridized carbons (Fsp3) is 0.176. The number of aromatic nitrogens is 2. The van der Waals surface area contributed by atoms with E-state index in [2.05, 4.69) is 20.6 Å². The smallest absolute Gasteiger partial charge is 0.229 e. The van der Waals surface area contributed by atoms with Gasteiger partial charge in [0.1, 0.15) is 5.82 Å². The van der Waals surface area contributed by atoms with E-state index in [4.69, 9.17) is 16.3 Å². The zero-order valence-corrected chi connectivity index (χ0v) is 13.5. The average Bonchev–Trinajstić information content (AvgIpc) is 2.57. The normalized spacial score (nSPS) is 10.7. The van der Waals surface area contributed by atoms with E-state index in [0.717, 1.165) is 22.4 Å². The van der Waals surface area contributed by atoms with Crippen LogP contribution in [0.4, 0.5) is 17.5 Å². The Morgan fingerprint density at radius 2 is 1.83 bits per heavy atom. The Morgan fingerprint density at radius 3 is 2.61 bits per heavy atom. The molecule has 118 valence electrons. The zero-order chi connectivity index (χ0) is 16.1. The van der Waals surface area contributed by atoms with Gasteiger partial charge in [0.15, 0.2) is 0 Å². The molecule has 1 aromatic heterocycles. The van der Waals surface area contributed by atoms with Gasteiger partial charge in [-0.05, 0) is 36.4 Å². The van der Waals surface area contributed by atoms with Crippen molar-refractivity contribution in [2.24, 2.45) is 0 Å². The molecular formula is C17H17ClN4O. The topological polar surface area (TPSA) is 59.1 Å². The molecule has 3 aromatic rings. The molecule has 0 saturated heterocycles. The molecule has 0 unspecified atom stereocenters. The molecular weight excluding hydrogens is 312 g/mol. The first-order chi connectivity index (χ1) is 11.3. The Labute approximate surface area is 139 Å². The Balaban J connectivity index is 1.92. The third-order valence-electron chi connectivity index (χ3n) is 3.30. The first kappa shape index (κ1) is 15.5. The number of hydrogen-bond acceptors (Lipinski definition) is 5. The summed E-state index contributed by atoms with van der Waals surface area (Å²) in [5, 5.41) is 8.16. The Bertz CT molecular complexity index is 792. The van der Waals surface area contributed by atoms with E-state index in [1.165, 1.54) is 0 Å². The maximum absolute atomic E-state index is 5.91. The van der Waals surface area contributed by atoms with Crippen molar-refractivity contribution in [3.05, 3.63) is 53.6 Å². The van der Waals surface area contributed by atoms with Crippen LogP contribution in [0.3, 0.4) is 0 Å². The van der Waals surface area contributed by atoms with Crippen molar-refractivity contribution in [2.75, 3.05) is 30.9 Å². The van der Waals surface area contributed by atoms with E-state index in [1.807, 2.05) is 48.5 Å². The van der Waals surface area contributed by atoms with E-state index < -0.39 is 0 Å². The van der Waals surface area contributed by atoms with Crippen LogP contribution in [0.2, 0.25) is 5.02 Å². The molecule has 0 bridgehead atoms. The Kier molecular flexibility index (Phi) is 4.90. The van der Waals surface area contributed by atoms with Crippen LogP contribution in [0, 0.1) is 0 Å². The highest BCUT2D eigenvalue weighted by Crippen LogP contribution is 2.24. The van der Waals surface area contributed by atoms with Crippen molar-refractivity contribution in [3.63, 3.8) is 0 Å². The molecule has 0 radical (unpaired) electrons. The molecule has 0 amide bonds. The summed E-state index contributed by atoms with van der Waals surface area (Å²) in [6.07, 6.45) is 0. The molecule has 3 rings (SSSR count). The molecule has 0 aliphatic carbocycles. The maximum Gasteiger partial charge on any atom is 0.229 e. The van der Waals surface area contributed by atoms with Gasteiger partial charge in [0, 0.05) is 29.8 Å². The third kappa shape index (κ3) is 3.88. The molecule has 0 aliphatic rings. The Hall–Kier alpha value is -2.37. The van der Waals surface area contributed by atoms with Crippen LogP contribution in [0.25, 0.3) is 10.9 Å². The lowest BCUT2D eigenvalue weighted by Gasteiger charge is -2.11. The van der Waals surface area contributed by atoms with Crippen LogP contribution in [0.15, 0.2) is 48.5 Å². The predicted molar refractivity (Wildman–Crippen MR) is 94.6 cm³/mol. The number of benzene rings is 2. The zero-order valence-electron chi connectivity index (χ0n) is 12.7. The number of nitrogens with one attached hydrogen (secondary N) is 2. The van der Waals surface area contributed by atoms with Gasteiger partial charge in [-0.2, -0.15) is 4.98 Å². The molecule has 6 heteroatoms. The summed E-state index contributed by atoms with van der Waals surface area (Å²) in [5.41, 5.74) is 1.76. The van der Waals surface area contributed by atoms with E-state index in [1.54, 1.807) is 7.11 Å². The van der Waals surface area contributed by atoms with Gasteiger partial charge < -0.3 is 15.4 Å². The minimum Gasteiger partial charge on any atom is -0.383 e. The third-order valence-corrected chi connectivity index (χ3v) is 3.55. The highest BCUT2D eigenvalue weighted by molar-refractivity contribution is 6.30. The number of anilines is 3. The maximum atomic E-state index is 5.91. The van der Waals surface area contributed by atoms with Crippen LogP contribution in [0.5, 0.6) is 0 Å². The molecule has 5 nitrogen and oxygen atoms in total. The average molecular weight is 329 g/mol. The summed E-state index contributed by atoms with van der Waals surface area (Å²) in [5.74, 6) is 1.31. The van der Waals surface area contributed by atoms with Crippen LogP contribution in [-0.4, -0.2) is 30.2 Å². The minimum atomic E-state index is 0.533. The number of hydrogen-bond donors (Lipinski definition) is 2. The number of fused-ring (bicyclic) bond motifs is 1. The van der Waals surface area contributed by atoms with Crippen LogP contribution in [0.1, 0.15) is 0 Å². The molecule has 0 saturated carbocycles. The highest BCUT2D eigenvalue weighted by atomic mass is 35.5. The molecule has 2 aromatic carbocycles. The first-order valence-electron chi connectivity index (χ1n) is 7.28. The SMILES string of the molecule is COCCNc1nc(Nc2ccc(Cl)cc2)nc2ccccc12. The second-order valence-electron chi connectivity index (χ2n) is 4.96. The standard InChI is InChI=1S/C17H17ClN4O/c1-23-11-10-19-16-14-4-2-3-5-15(14)21-17(22-16)20-13-8-6-12(18)7-9-13/h2-9H,10-11H2,1H3,(H2,19,20,21,22). The fourth-order valence-electron chi connectivity index (χ4n) is 2.20. The fourth-order valence-corrected chi connectivity index (χ4v) is 2.33. The summed E-state index contributed by atoms with van der Waals surface area (Å²) in [4.78, 5) is 9.12.